The van der Waals surface area contributed by atoms with E-state index in [1.54, 1.807) is 86.5 Å². The number of carbonyl (C=O) groups is 3. The average molecular weight is 559 g/mol. The third-order valence-corrected chi connectivity index (χ3v) is 7.35. The van der Waals surface area contributed by atoms with E-state index in [0.717, 1.165) is 4.88 Å². The van der Waals surface area contributed by atoms with E-state index in [2.05, 4.69) is 15.3 Å². The maximum atomic E-state index is 13.2. The van der Waals surface area contributed by atoms with Crippen molar-refractivity contribution >= 4 is 51.7 Å². The molecule has 5 rings (SSSR count). The number of nitrogens with one attached hydrogen (secondary N) is 1. The van der Waals surface area contributed by atoms with Crippen LogP contribution in [-0.2, 0) is 11.3 Å². The number of fused-ring (bicyclic) bond motifs is 1. The molecule has 0 aliphatic heterocycles. The first-order valence-corrected chi connectivity index (χ1v) is 13.1. The van der Waals surface area contributed by atoms with E-state index in [1.165, 1.54) is 27.5 Å². The smallest absolute Gasteiger partial charge is 0.268 e. The Morgan fingerprint density at radius 2 is 1.85 bits per heavy atom. The first-order chi connectivity index (χ1) is 19.2. The number of oxazole rings is 1. The third kappa shape index (κ3) is 5.35. The largest absolute Gasteiger partial charge is 0.443 e. The van der Waals surface area contributed by atoms with Gasteiger partial charge < -0.3 is 23.9 Å². The predicted octanol–water partition coefficient (Wildman–Crippen LogP) is 3.73. The minimum absolute atomic E-state index is 0.144. The summed E-state index contributed by atoms with van der Waals surface area (Å²) < 4.78 is 6.89. The molecular weight excluding hydrogens is 532 g/mol. The van der Waals surface area contributed by atoms with Crippen LogP contribution in [0.1, 0.15) is 20.0 Å². The number of benzene rings is 2. The van der Waals surface area contributed by atoms with Crippen LogP contribution in [0.25, 0.3) is 21.7 Å². The van der Waals surface area contributed by atoms with Crippen molar-refractivity contribution < 1.29 is 23.9 Å². The van der Waals surface area contributed by atoms with Gasteiger partial charge in [-0.25, -0.2) is 9.97 Å². The number of aliphatic hydroxyl groups excluding tert-OH is 1. The van der Waals surface area contributed by atoms with E-state index in [-0.39, 0.29) is 18.4 Å². The molecule has 204 valence electrons. The minimum atomic E-state index is -1.37. The standard InChI is InChI=1S/C28H26N6O5S/c1-32(2)27(38)21(35)15-34-20-10-9-18(33(3)26(37)17-7-5-4-6-8-17)13-19(20)30-28(34)31-25(36)24-12-11-23(40-24)22-14-29-16-39-22/h4-14,16,21,35H,15H2,1-3H3,(H,30,31,36). The quantitative estimate of drug-likeness (QED) is 0.296. The van der Waals surface area contributed by atoms with Crippen LogP contribution in [0.15, 0.2) is 77.7 Å². The highest BCUT2D eigenvalue weighted by molar-refractivity contribution is 7.17. The van der Waals surface area contributed by atoms with E-state index in [0.29, 0.717) is 32.9 Å². The summed E-state index contributed by atoms with van der Waals surface area (Å²) in [6.07, 6.45) is 1.51. The number of likely N-dealkylation sites (N-methyl/N-ethyl adjacent to an activating group) is 1. The molecule has 3 amide bonds. The van der Waals surface area contributed by atoms with Gasteiger partial charge in [-0.1, -0.05) is 18.2 Å². The molecule has 0 radical (unpaired) electrons. The van der Waals surface area contributed by atoms with Crippen molar-refractivity contribution in [2.45, 2.75) is 12.6 Å². The molecule has 40 heavy (non-hydrogen) atoms. The van der Waals surface area contributed by atoms with E-state index in [4.69, 9.17) is 4.42 Å². The van der Waals surface area contributed by atoms with Gasteiger partial charge in [-0.2, -0.15) is 0 Å². The van der Waals surface area contributed by atoms with Gasteiger partial charge in [-0.3, -0.25) is 19.7 Å². The number of carbonyl (C=O) groups excluding carboxylic acids is 3. The second-order valence-corrected chi connectivity index (χ2v) is 10.3. The zero-order valence-electron chi connectivity index (χ0n) is 21.9. The van der Waals surface area contributed by atoms with Crippen LogP contribution < -0.4 is 10.2 Å². The number of imidazole rings is 1. The molecule has 3 aromatic heterocycles. The number of aromatic nitrogens is 3. The molecule has 11 nitrogen and oxygen atoms in total. The van der Waals surface area contributed by atoms with Crippen LogP contribution in [0, 0.1) is 0 Å². The highest BCUT2D eigenvalue weighted by Crippen LogP contribution is 2.30. The molecule has 12 heteroatoms. The van der Waals surface area contributed by atoms with E-state index >= 15 is 0 Å². The fraction of sp³-hybridized carbons (Fsp3) is 0.179. The lowest BCUT2D eigenvalue weighted by Crippen LogP contribution is -2.36. The lowest BCUT2D eigenvalue weighted by Gasteiger charge is -2.19. The second-order valence-electron chi connectivity index (χ2n) is 9.18. The fourth-order valence-electron chi connectivity index (χ4n) is 4.14. The van der Waals surface area contributed by atoms with Gasteiger partial charge >= 0.3 is 0 Å². The fourth-order valence-corrected chi connectivity index (χ4v) is 4.99. The first-order valence-electron chi connectivity index (χ1n) is 12.3. The summed E-state index contributed by atoms with van der Waals surface area (Å²) in [5.41, 5.74) is 2.16. The van der Waals surface area contributed by atoms with Crippen LogP contribution in [-0.4, -0.2) is 69.5 Å². The molecule has 0 saturated carbocycles. The molecule has 0 saturated heterocycles. The molecule has 0 spiro atoms. The van der Waals surface area contributed by atoms with Crippen molar-refractivity contribution in [1.82, 2.24) is 19.4 Å². The number of nitrogens with zero attached hydrogens (tertiary/aromatic N) is 5. The van der Waals surface area contributed by atoms with Crippen LogP contribution in [0.2, 0.25) is 0 Å². The maximum Gasteiger partial charge on any atom is 0.268 e. The Kier molecular flexibility index (Phi) is 7.45. The zero-order chi connectivity index (χ0) is 28.4. The van der Waals surface area contributed by atoms with Crippen LogP contribution in [0.3, 0.4) is 0 Å². The van der Waals surface area contributed by atoms with Crippen molar-refractivity contribution in [1.29, 1.82) is 0 Å². The molecule has 0 bridgehead atoms. The first kappa shape index (κ1) is 26.8. The van der Waals surface area contributed by atoms with Crippen molar-refractivity contribution in [3.63, 3.8) is 0 Å². The Morgan fingerprint density at radius 1 is 1.07 bits per heavy atom. The summed E-state index contributed by atoms with van der Waals surface area (Å²) in [6.45, 7) is -0.144. The molecule has 0 fully saturated rings. The lowest BCUT2D eigenvalue weighted by molar-refractivity contribution is -0.138. The summed E-state index contributed by atoms with van der Waals surface area (Å²) in [4.78, 5) is 51.0. The number of hydrogen-bond acceptors (Lipinski definition) is 8. The number of rotatable bonds is 8. The molecule has 2 aromatic carbocycles. The van der Waals surface area contributed by atoms with Gasteiger partial charge in [-0.05, 0) is 42.5 Å². The van der Waals surface area contributed by atoms with Gasteiger partial charge in [0.1, 0.15) is 0 Å². The Balaban J connectivity index is 1.48. The Hall–Kier alpha value is -4.81. The van der Waals surface area contributed by atoms with E-state index in [9.17, 15) is 19.5 Å². The summed E-state index contributed by atoms with van der Waals surface area (Å²) in [5, 5.41) is 13.4. The number of thiophene rings is 1. The summed E-state index contributed by atoms with van der Waals surface area (Å²) in [6, 6.07) is 17.5. The highest BCUT2D eigenvalue weighted by Gasteiger charge is 2.24. The van der Waals surface area contributed by atoms with Crippen LogP contribution in [0.5, 0.6) is 0 Å². The molecule has 1 unspecified atom stereocenters. The maximum absolute atomic E-state index is 13.2. The SMILES string of the molecule is CN(C)C(=O)C(O)Cn1c(NC(=O)c2ccc(-c3cnco3)s2)nc2cc(N(C)C(=O)c3ccccc3)ccc21. The van der Waals surface area contributed by atoms with Gasteiger partial charge in [0, 0.05) is 32.4 Å². The number of hydrogen-bond donors (Lipinski definition) is 2. The van der Waals surface area contributed by atoms with Crippen molar-refractivity contribution in [2.75, 3.05) is 31.4 Å². The number of anilines is 2. The Bertz CT molecular complexity index is 1680. The van der Waals surface area contributed by atoms with Gasteiger partial charge in [0.25, 0.3) is 17.7 Å². The minimum Gasteiger partial charge on any atom is -0.443 e. The normalized spacial score (nSPS) is 11.8. The number of amides is 3. The summed E-state index contributed by atoms with van der Waals surface area (Å²) >= 11 is 1.22. The van der Waals surface area contributed by atoms with Crippen molar-refractivity contribution in [3.05, 3.63) is 83.7 Å². The van der Waals surface area contributed by atoms with Crippen LogP contribution >= 0.6 is 11.3 Å². The van der Waals surface area contributed by atoms with Gasteiger partial charge in [0.15, 0.2) is 18.3 Å². The molecule has 0 aliphatic rings. The lowest BCUT2D eigenvalue weighted by atomic mass is 10.2. The number of aliphatic hydroxyl groups is 1. The highest BCUT2D eigenvalue weighted by atomic mass is 32.1. The Morgan fingerprint density at radius 3 is 2.55 bits per heavy atom. The Labute approximate surface area is 233 Å². The van der Waals surface area contributed by atoms with E-state index < -0.39 is 17.9 Å². The topological polar surface area (TPSA) is 134 Å². The van der Waals surface area contributed by atoms with Crippen molar-refractivity contribution in [2.24, 2.45) is 0 Å². The molecule has 0 aliphatic carbocycles. The molecule has 1 atom stereocenters. The van der Waals surface area contributed by atoms with Crippen molar-refractivity contribution in [3.8, 4) is 10.6 Å². The van der Waals surface area contributed by atoms with E-state index in [1.807, 2.05) is 6.07 Å². The zero-order valence-corrected chi connectivity index (χ0v) is 22.8. The second kappa shape index (κ2) is 11.1. The predicted molar refractivity (Wildman–Crippen MR) is 151 cm³/mol. The summed E-state index contributed by atoms with van der Waals surface area (Å²) in [7, 11) is 4.77. The monoisotopic (exact) mass is 558 g/mol. The molecular formula is C28H26N6O5S. The van der Waals surface area contributed by atoms with Gasteiger partial charge in [0.05, 0.1) is 33.5 Å². The third-order valence-electron chi connectivity index (χ3n) is 6.26. The van der Waals surface area contributed by atoms with Crippen LogP contribution in [0.4, 0.5) is 11.6 Å². The molecule has 5 aromatic rings. The molecule has 2 N–H and O–H groups in total. The van der Waals surface area contributed by atoms with Gasteiger partial charge in [0.2, 0.25) is 5.95 Å². The summed E-state index contributed by atoms with van der Waals surface area (Å²) in [5.74, 6) is -0.408. The average Bonchev–Trinajstić information content (AvgIpc) is 3.73. The van der Waals surface area contributed by atoms with Gasteiger partial charge in [-0.15, -0.1) is 11.3 Å². The molecule has 3 heterocycles.